The molecule has 11 heteroatoms. The number of carbonyl (C=O) groups is 2. The van der Waals surface area contributed by atoms with Crippen LogP contribution in [0.2, 0.25) is 0 Å². The Balaban J connectivity index is 0.00000484. The second kappa shape index (κ2) is 12.0. The Morgan fingerprint density at radius 3 is 2.61 bits per heavy atom. The predicted octanol–water partition coefficient (Wildman–Crippen LogP) is -3.08. The van der Waals surface area contributed by atoms with Crippen LogP contribution in [0.1, 0.15) is 12.0 Å². The van der Waals surface area contributed by atoms with Crippen LogP contribution >= 0.6 is 23.2 Å². The van der Waals surface area contributed by atoms with Gasteiger partial charge in [0.2, 0.25) is 5.88 Å². The van der Waals surface area contributed by atoms with Crippen LogP contribution in [-0.2, 0) is 21.1 Å². The standard InChI is InChI=1S/C12H13Cl2NO7.Na/c13-2-1-11(17)21-9-3-10(15-5-7(9)6-20-19)22-12(18)8(16)4-14;/h3,5,8,16,19H,1-2,4,6H2;/q;+1/p-1. The monoisotopic (exact) mass is 375 g/mol. The van der Waals surface area contributed by atoms with E-state index >= 15 is 0 Å². The van der Waals surface area contributed by atoms with Crippen molar-refractivity contribution in [1.29, 1.82) is 0 Å². The van der Waals surface area contributed by atoms with Gasteiger partial charge in [-0.1, -0.05) is 0 Å². The molecule has 0 aliphatic carbocycles. The van der Waals surface area contributed by atoms with E-state index in [0.29, 0.717) is 0 Å². The molecule has 1 N–H and O–H groups in total. The third kappa shape index (κ3) is 7.77. The van der Waals surface area contributed by atoms with Crippen LogP contribution in [0.25, 0.3) is 0 Å². The van der Waals surface area contributed by atoms with Gasteiger partial charge in [0.25, 0.3) is 0 Å². The van der Waals surface area contributed by atoms with Crippen molar-refractivity contribution < 1.29 is 63.9 Å². The molecule has 1 rings (SSSR count). The van der Waals surface area contributed by atoms with Crippen LogP contribution in [0.5, 0.6) is 11.6 Å². The fourth-order valence-corrected chi connectivity index (χ4v) is 1.54. The number of hydrogen-bond donors (Lipinski definition) is 1. The van der Waals surface area contributed by atoms with Crippen LogP contribution in [-0.4, -0.2) is 39.9 Å². The molecule has 122 valence electrons. The minimum absolute atomic E-state index is 0. The molecule has 0 aliphatic heterocycles. The second-order valence-corrected chi connectivity index (χ2v) is 4.58. The number of alkyl halides is 2. The van der Waals surface area contributed by atoms with Crippen LogP contribution in [0.4, 0.5) is 0 Å². The Bertz CT molecular complexity index is 532. The van der Waals surface area contributed by atoms with Gasteiger partial charge in [-0.3, -0.25) is 4.79 Å². The SMILES string of the molecule is O=C(CCCl)Oc1cc(OC(=O)C(O)CCl)ncc1CO[O-].[Na+]. The van der Waals surface area contributed by atoms with E-state index in [1.807, 2.05) is 0 Å². The summed E-state index contributed by atoms with van der Waals surface area (Å²) in [5.74, 6) is -2.26. The average molecular weight is 376 g/mol. The number of nitrogens with zero attached hydrogens (tertiary/aromatic N) is 1. The molecule has 8 nitrogen and oxygen atoms in total. The van der Waals surface area contributed by atoms with Gasteiger partial charge in [0.1, 0.15) is 5.75 Å². The molecule has 0 saturated heterocycles. The van der Waals surface area contributed by atoms with Crippen molar-refractivity contribution in [3.8, 4) is 11.6 Å². The molecular formula is C12H12Cl2NNaO7. The van der Waals surface area contributed by atoms with Crippen molar-refractivity contribution >= 4 is 35.1 Å². The van der Waals surface area contributed by atoms with Gasteiger partial charge >= 0.3 is 41.5 Å². The van der Waals surface area contributed by atoms with Crippen molar-refractivity contribution in [2.75, 3.05) is 11.8 Å². The van der Waals surface area contributed by atoms with Crippen molar-refractivity contribution in [3.05, 3.63) is 17.8 Å². The third-order valence-electron chi connectivity index (χ3n) is 2.28. The predicted molar refractivity (Wildman–Crippen MR) is 72.4 cm³/mol. The number of pyridine rings is 1. The van der Waals surface area contributed by atoms with Crippen LogP contribution in [0.15, 0.2) is 12.3 Å². The Labute approximate surface area is 163 Å². The number of hydrogen-bond acceptors (Lipinski definition) is 8. The van der Waals surface area contributed by atoms with Gasteiger partial charge < -0.3 is 24.7 Å². The zero-order chi connectivity index (χ0) is 16.5. The zero-order valence-corrected chi connectivity index (χ0v) is 15.7. The molecule has 0 aliphatic rings. The summed E-state index contributed by atoms with van der Waals surface area (Å²) >= 11 is 10.7. The topological polar surface area (TPSA) is 118 Å². The summed E-state index contributed by atoms with van der Waals surface area (Å²) in [5, 5.41) is 19.4. The Morgan fingerprint density at radius 1 is 1.35 bits per heavy atom. The zero-order valence-electron chi connectivity index (χ0n) is 12.2. The Morgan fingerprint density at radius 2 is 2.04 bits per heavy atom. The number of halogens is 2. The van der Waals surface area contributed by atoms with E-state index in [2.05, 4.69) is 9.87 Å². The van der Waals surface area contributed by atoms with Gasteiger partial charge in [0.05, 0.1) is 18.9 Å². The van der Waals surface area contributed by atoms with Gasteiger partial charge in [0, 0.05) is 23.7 Å². The van der Waals surface area contributed by atoms with E-state index in [-0.39, 0.29) is 64.9 Å². The van der Waals surface area contributed by atoms with Gasteiger partial charge in [-0.25, -0.2) is 9.78 Å². The molecule has 1 aromatic rings. The normalized spacial score (nSPS) is 11.3. The van der Waals surface area contributed by atoms with E-state index in [9.17, 15) is 20.0 Å². The number of esters is 2. The third-order valence-corrected chi connectivity index (χ3v) is 2.76. The molecule has 0 spiro atoms. The molecule has 0 amide bonds. The summed E-state index contributed by atoms with van der Waals surface area (Å²) in [4.78, 5) is 30.3. The molecule has 0 fully saturated rings. The fourth-order valence-electron chi connectivity index (χ4n) is 1.25. The first-order valence-electron chi connectivity index (χ1n) is 5.97. The van der Waals surface area contributed by atoms with Crippen LogP contribution in [0.3, 0.4) is 0 Å². The van der Waals surface area contributed by atoms with E-state index < -0.39 is 24.6 Å². The summed E-state index contributed by atoms with van der Waals surface area (Å²) in [5.41, 5.74) is 0.176. The number of ether oxygens (including phenoxy) is 2. The summed E-state index contributed by atoms with van der Waals surface area (Å²) in [6, 6.07) is 1.11. The summed E-state index contributed by atoms with van der Waals surface area (Å²) in [7, 11) is 0. The number of aromatic nitrogens is 1. The summed E-state index contributed by atoms with van der Waals surface area (Å²) in [6.07, 6.45) is -0.436. The first kappa shape index (κ1) is 22.6. The molecule has 23 heavy (non-hydrogen) atoms. The maximum atomic E-state index is 11.4. The number of carbonyl (C=O) groups excluding carboxylic acids is 2. The number of aliphatic hydroxyl groups is 1. The Hall–Kier alpha value is -0.450. The van der Waals surface area contributed by atoms with Crippen molar-refractivity contribution in [2.45, 2.75) is 19.1 Å². The first-order valence-corrected chi connectivity index (χ1v) is 7.04. The molecule has 0 saturated carbocycles. The Kier molecular flexibility index (Phi) is 11.8. The minimum atomic E-state index is -1.52. The van der Waals surface area contributed by atoms with Gasteiger partial charge in [-0.15, -0.1) is 23.2 Å². The molecule has 0 radical (unpaired) electrons. The van der Waals surface area contributed by atoms with E-state index in [1.54, 1.807) is 0 Å². The quantitative estimate of drug-likeness (QED) is 0.167. The smallest absolute Gasteiger partial charge is 0.723 e. The van der Waals surface area contributed by atoms with E-state index in [1.165, 1.54) is 0 Å². The van der Waals surface area contributed by atoms with Gasteiger partial charge in [0.15, 0.2) is 6.10 Å². The summed E-state index contributed by atoms with van der Waals surface area (Å²) < 4.78 is 9.75. The number of aliphatic hydroxyl groups excluding tert-OH is 1. The van der Waals surface area contributed by atoms with Crippen LogP contribution < -0.4 is 44.3 Å². The largest absolute Gasteiger partial charge is 1.00 e. The second-order valence-electron chi connectivity index (χ2n) is 3.90. The molecule has 0 bridgehead atoms. The first-order chi connectivity index (χ1) is 10.5. The molecule has 1 unspecified atom stereocenters. The molecule has 0 aromatic carbocycles. The van der Waals surface area contributed by atoms with Crippen LogP contribution in [0, 0.1) is 0 Å². The molecule has 1 aromatic heterocycles. The van der Waals surface area contributed by atoms with Gasteiger partial charge in [-0.05, 0) is 0 Å². The van der Waals surface area contributed by atoms with Crippen molar-refractivity contribution in [1.82, 2.24) is 4.98 Å². The number of rotatable bonds is 8. The van der Waals surface area contributed by atoms with E-state index in [4.69, 9.17) is 32.7 Å². The average Bonchev–Trinajstić information content (AvgIpc) is 2.49. The maximum absolute atomic E-state index is 11.4. The minimum Gasteiger partial charge on any atom is -0.723 e. The fraction of sp³-hybridized carbons (Fsp3) is 0.417. The molecule has 1 atom stereocenters. The van der Waals surface area contributed by atoms with E-state index in [0.717, 1.165) is 12.3 Å². The van der Waals surface area contributed by atoms with Crippen molar-refractivity contribution in [3.63, 3.8) is 0 Å². The van der Waals surface area contributed by atoms with Crippen molar-refractivity contribution in [2.24, 2.45) is 0 Å². The maximum Gasteiger partial charge on any atom is 1.00 e. The molecular weight excluding hydrogens is 364 g/mol. The summed E-state index contributed by atoms with van der Waals surface area (Å²) in [6.45, 7) is -0.408. The molecule has 1 heterocycles. The van der Waals surface area contributed by atoms with Gasteiger partial charge in [-0.2, -0.15) is 0 Å².